The summed E-state index contributed by atoms with van der Waals surface area (Å²) in [6.07, 6.45) is 7.10. The molecule has 1 saturated carbocycles. The molecule has 2 aromatic rings. The maximum atomic E-state index is 13.1. The van der Waals surface area contributed by atoms with Gasteiger partial charge >= 0.3 is 5.69 Å². The Labute approximate surface area is 180 Å². The van der Waals surface area contributed by atoms with E-state index in [1.54, 1.807) is 4.90 Å². The SMILES string of the molecule is Cn1c(=O)c2ccc(C(=O)N3CCCC(C(=O)NC4CCCCC4)C3)nc2n(C)c1=O. The van der Waals surface area contributed by atoms with Crippen molar-refractivity contribution in [3.63, 3.8) is 0 Å². The smallest absolute Gasteiger partial charge is 0.332 e. The second-order valence-corrected chi connectivity index (χ2v) is 8.71. The van der Waals surface area contributed by atoms with Crippen molar-refractivity contribution in [1.29, 1.82) is 0 Å². The van der Waals surface area contributed by atoms with Crippen LogP contribution in [0.2, 0.25) is 0 Å². The first-order chi connectivity index (χ1) is 14.9. The molecule has 9 heteroatoms. The summed E-state index contributed by atoms with van der Waals surface area (Å²) < 4.78 is 2.29. The summed E-state index contributed by atoms with van der Waals surface area (Å²) in [5.74, 6) is -0.483. The molecule has 2 amide bonds. The van der Waals surface area contributed by atoms with Crippen LogP contribution in [0.3, 0.4) is 0 Å². The van der Waals surface area contributed by atoms with E-state index in [-0.39, 0.29) is 40.5 Å². The summed E-state index contributed by atoms with van der Waals surface area (Å²) in [5.41, 5.74) is -0.583. The second kappa shape index (κ2) is 8.64. The van der Waals surface area contributed by atoms with Crippen LogP contribution in [0.15, 0.2) is 21.7 Å². The number of aromatic nitrogens is 3. The third-order valence-electron chi connectivity index (χ3n) is 6.55. The van der Waals surface area contributed by atoms with Gasteiger partial charge < -0.3 is 10.2 Å². The molecule has 2 fully saturated rings. The van der Waals surface area contributed by atoms with Crippen LogP contribution in [0, 0.1) is 5.92 Å². The Hall–Kier alpha value is -2.97. The lowest BCUT2D eigenvalue weighted by molar-refractivity contribution is -0.127. The molecule has 2 aromatic heterocycles. The topological polar surface area (TPSA) is 106 Å². The fourth-order valence-electron chi connectivity index (χ4n) is 4.68. The Morgan fingerprint density at radius 2 is 1.74 bits per heavy atom. The van der Waals surface area contributed by atoms with Gasteiger partial charge in [-0.1, -0.05) is 19.3 Å². The number of carbonyl (C=O) groups is 2. The molecule has 0 aromatic carbocycles. The first-order valence-electron chi connectivity index (χ1n) is 11.0. The lowest BCUT2D eigenvalue weighted by atomic mass is 9.93. The number of fused-ring (bicyclic) bond motifs is 1. The summed E-state index contributed by atoms with van der Waals surface area (Å²) in [4.78, 5) is 56.4. The molecule has 0 bridgehead atoms. The third kappa shape index (κ3) is 4.13. The fraction of sp³-hybridized carbons (Fsp3) is 0.591. The average molecular weight is 428 g/mol. The van der Waals surface area contributed by atoms with Crippen molar-refractivity contribution < 1.29 is 9.59 Å². The minimum atomic E-state index is -0.494. The number of hydrogen-bond acceptors (Lipinski definition) is 5. The number of carbonyl (C=O) groups excluding carboxylic acids is 2. The van der Waals surface area contributed by atoms with Crippen LogP contribution in [0.1, 0.15) is 55.4 Å². The number of nitrogens with one attached hydrogen (secondary N) is 1. The van der Waals surface area contributed by atoms with Crippen molar-refractivity contribution in [3.05, 3.63) is 38.7 Å². The zero-order valence-corrected chi connectivity index (χ0v) is 18.1. The van der Waals surface area contributed by atoms with E-state index in [1.807, 2.05) is 0 Å². The van der Waals surface area contributed by atoms with E-state index in [0.717, 1.165) is 43.1 Å². The summed E-state index contributed by atoms with van der Waals surface area (Å²) in [6, 6.07) is 3.30. The number of aryl methyl sites for hydroxylation is 1. The summed E-state index contributed by atoms with van der Waals surface area (Å²) in [7, 11) is 2.94. The van der Waals surface area contributed by atoms with Crippen molar-refractivity contribution in [1.82, 2.24) is 24.3 Å². The highest BCUT2D eigenvalue weighted by molar-refractivity contribution is 5.94. The van der Waals surface area contributed by atoms with E-state index >= 15 is 0 Å². The number of pyridine rings is 1. The molecule has 2 aliphatic rings. The van der Waals surface area contributed by atoms with Crippen LogP contribution in [0.4, 0.5) is 0 Å². The van der Waals surface area contributed by atoms with Crippen molar-refractivity contribution in [2.24, 2.45) is 20.0 Å². The van der Waals surface area contributed by atoms with Crippen LogP contribution < -0.4 is 16.6 Å². The van der Waals surface area contributed by atoms with Gasteiger partial charge in [0.1, 0.15) is 11.3 Å². The molecule has 9 nitrogen and oxygen atoms in total. The van der Waals surface area contributed by atoms with E-state index in [4.69, 9.17) is 0 Å². The number of hydrogen-bond donors (Lipinski definition) is 1. The molecule has 1 aliphatic carbocycles. The highest BCUT2D eigenvalue weighted by atomic mass is 16.2. The minimum Gasteiger partial charge on any atom is -0.353 e. The van der Waals surface area contributed by atoms with E-state index in [9.17, 15) is 19.2 Å². The van der Waals surface area contributed by atoms with Crippen LogP contribution >= 0.6 is 0 Å². The molecule has 0 radical (unpaired) electrons. The first kappa shape index (κ1) is 21.3. The van der Waals surface area contributed by atoms with Gasteiger partial charge in [-0.3, -0.25) is 23.5 Å². The van der Waals surface area contributed by atoms with Crippen molar-refractivity contribution in [2.45, 2.75) is 51.0 Å². The monoisotopic (exact) mass is 427 g/mol. The van der Waals surface area contributed by atoms with Gasteiger partial charge in [0.25, 0.3) is 11.5 Å². The highest BCUT2D eigenvalue weighted by Crippen LogP contribution is 2.22. The minimum absolute atomic E-state index is 0.0294. The van der Waals surface area contributed by atoms with Crippen molar-refractivity contribution in [2.75, 3.05) is 13.1 Å². The summed E-state index contributed by atoms with van der Waals surface area (Å²) >= 11 is 0. The largest absolute Gasteiger partial charge is 0.353 e. The molecule has 4 rings (SSSR count). The molecule has 1 atom stereocenters. The van der Waals surface area contributed by atoms with Crippen molar-refractivity contribution in [3.8, 4) is 0 Å². The second-order valence-electron chi connectivity index (χ2n) is 8.71. The summed E-state index contributed by atoms with van der Waals surface area (Å²) in [5, 5.41) is 3.45. The normalized spacial score (nSPS) is 20.1. The lowest BCUT2D eigenvalue weighted by Crippen LogP contribution is -2.48. The number of likely N-dealkylation sites (tertiary alicyclic amines) is 1. The van der Waals surface area contributed by atoms with Gasteiger partial charge in [-0.05, 0) is 37.8 Å². The van der Waals surface area contributed by atoms with Gasteiger partial charge in [0.15, 0.2) is 0 Å². The molecular formula is C22H29N5O4. The Morgan fingerprint density at radius 1 is 1.00 bits per heavy atom. The van der Waals surface area contributed by atoms with Crippen LogP contribution in [0.5, 0.6) is 0 Å². The standard InChI is InChI=1S/C22H29N5O4/c1-25-18-16(20(29)26(2)22(25)31)10-11-17(24-18)21(30)27-12-6-7-14(13-27)19(28)23-15-8-4-3-5-9-15/h10-11,14-15H,3-9,12-13H2,1-2H3,(H,23,28). The molecule has 1 N–H and O–H groups in total. The molecular weight excluding hydrogens is 398 g/mol. The third-order valence-corrected chi connectivity index (χ3v) is 6.55. The maximum Gasteiger partial charge on any atom is 0.332 e. The molecule has 1 aliphatic heterocycles. The first-order valence-corrected chi connectivity index (χ1v) is 11.0. The molecule has 3 heterocycles. The maximum absolute atomic E-state index is 13.1. The van der Waals surface area contributed by atoms with Gasteiger partial charge in [0, 0.05) is 33.2 Å². The van der Waals surface area contributed by atoms with Gasteiger partial charge in [-0.15, -0.1) is 0 Å². The highest BCUT2D eigenvalue weighted by Gasteiger charge is 2.31. The van der Waals surface area contributed by atoms with Crippen molar-refractivity contribution >= 4 is 22.8 Å². The van der Waals surface area contributed by atoms with Crippen LogP contribution in [-0.2, 0) is 18.9 Å². The Morgan fingerprint density at radius 3 is 2.48 bits per heavy atom. The zero-order chi connectivity index (χ0) is 22.1. The van der Waals surface area contributed by atoms with E-state index in [0.29, 0.717) is 13.1 Å². The number of piperidine rings is 1. The predicted molar refractivity (Wildman–Crippen MR) is 116 cm³/mol. The molecule has 1 saturated heterocycles. The van der Waals surface area contributed by atoms with Crippen LogP contribution in [-0.4, -0.2) is 50.0 Å². The van der Waals surface area contributed by atoms with E-state index < -0.39 is 11.2 Å². The average Bonchev–Trinajstić information content (AvgIpc) is 2.81. The predicted octanol–water partition coefficient (Wildman–Crippen LogP) is 0.933. The molecule has 1 unspecified atom stereocenters. The van der Waals surface area contributed by atoms with Gasteiger partial charge in [-0.25, -0.2) is 9.78 Å². The van der Waals surface area contributed by atoms with E-state index in [2.05, 4.69) is 10.3 Å². The van der Waals surface area contributed by atoms with Crippen LogP contribution in [0.25, 0.3) is 11.0 Å². The summed E-state index contributed by atoms with van der Waals surface area (Å²) in [6.45, 7) is 0.911. The Bertz CT molecular complexity index is 1130. The van der Waals surface area contributed by atoms with Gasteiger partial charge in [-0.2, -0.15) is 0 Å². The Balaban J connectivity index is 1.52. The number of amides is 2. The van der Waals surface area contributed by atoms with E-state index in [1.165, 1.54) is 37.2 Å². The van der Waals surface area contributed by atoms with Gasteiger partial charge in [0.05, 0.1) is 11.3 Å². The Kier molecular flexibility index (Phi) is 5.93. The fourth-order valence-corrected chi connectivity index (χ4v) is 4.68. The molecule has 166 valence electrons. The zero-order valence-electron chi connectivity index (χ0n) is 18.1. The molecule has 31 heavy (non-hydrogen) atoms. The number of nitrogens with zero attached hydrogens (tertiary/aromatic N) is 4. The van der Waals surface area contributed by atoms with Gasteiger partial charge in [0.2, 0.25) is 5.91 Å². The molecule has 0 spiro atoms. The number of rotatable bonds is 3. The quantitative estimate of drug-likeness (QED) is 0.785. The lowest BCUT2D eigenvalue weighted by Gasteiger charge is -2.33.